The lowest BCUT2D eigenvalue weighted by atomic mass is 10.2. The van der Waals surface area contributed by atoms with Crippen molar-refractivity contribution in [2.75, 3.05) is 39.5 Å². The normalized spacial score (nSPS) is 16.9. The second kappa shape index (κ2) is 15.0. The van der Waals surface area contributed by atoms with Crippen molar-refractivity contribution in [3.8, 4) is 0 Å². The number of hydrogen-bond donors (Lipinski definition) is 3. The van der Waals surface area contributed by atoms with E-state index in [1.807, 2.05) is 13.8 Å². The first-order valence-electron chi connectivity index (χ1n) is 10.3. The Hall–Kier alpha value is -0.950. The molecule has 0 bridgehead atoms. The molecule has 0 aromatic heterocycles. The molecule has 1 fully saturated rings. The van der Waals surface area contributed by atoms with E-state index in [4.69, 9.17) is 9.47 Å². The summed E-state index contributed by atoms with van der Waals surface area (Å²) in [5.74, 6) is 0.735. The predicted octanol–water partition coefficient (Wildman–Crippen LogP) is 2.24. The van der Waals surface area contributed by atoms with E-state index in [9.17, 15) is 8.42 Å². The monoisotopic (exact) mass is 554 g/mol. The fourth-order valence-electron chi connectivity index (χ4n) is 2.90. The summed E-state index contributed by atoms with van der Waals surface area (Å²) in [5, 5.41) is 6.47. The fourth-order valence-corrected chi connectivity index (χ4v) is 3.97. The van der Waals surface area contributed by atoms with Gasteiger partial charge in [0.2, 0.25) is 10.0 Å². The molecule has 2 rings (SSSR count). The van der Waals surface area contributed by atoms with Crippen molar-refractivity contribution in [3.05, 3.63) is 29.8 Å². The summed E-state index contributed by atoms with van der Waals surface area (Å²) in [4.78, 5) is 4.81. The number of nitrogens with one attached hydrogen (secondary N) is 3. The minimum absolute atomic E-state index is 0. The maximum atomic E-state index is 12.4. The molecule has 1 unspecified atom stereocenters. The highest BCUT2D eigenvalue weighted by Gasteiger charge is 2.20. The number of halogens is 1. The number of sulfonamides is 1. The van der Waals surface area contributed by atoms with Gasteiger partial charge in [0.15, 0.2) is 5.96 Å². The van der Waals surface area contributed by atoms with Gasteiger partial charge in [-0.2, -0.15) is 0 Å². The van der Waals surface area contributed by atoms with E-state index in [1.54, 1.807) is 24.3 Å². The standard InChI is InChI=1S/C20H34N4O4S.HI/c1-3-21-20(22-12-6-13-27-4-2)23-15-17-8-10-19(11-9-17)29(25,26)24-16-18-7-5-14-28-18;/h8-11,18,24H,3-7,12-16H2,1-2H3,(H2,21,22,23);1H. The highest BCUT2D eigenvalue weighted by Crippen LogP contribution is 2.14. The zero-order valence-corrected chi connectivity index (χ0v) is 21.0. The predicted molar refractivity (Wildman–Crippen MR) is 130 cm³/mol. The van der Waals surface area contributed by atoms with Crippen LogP contribution in [0.1, 0.15) is 38.7 Å². The first-order valence-corrected chi connectivity index (χ1v) is 11.8. The lowest BCUT2D eigenvalue weighted by molar-refractivity contribution is 0.114. The van der Waals surface area contributed by atoms with Gasteiger partial charge in [-0.25, -0.2) is 18.1 Å². The van der Waals surface area contributed by atoms with E-state index in [2.05, 4.69) is 20.3 Å². The molecule has 172 valence electrons. The summed E-state index contributed by atoms with van der Waals surface area (Å²) in [6.45, 7) is 8.47. The van der Waals surface area contributed by atoms with Gasteiger partial charge in [0.1, 0.15) is 0 Å². The topological polar surface area (TPSA) is 101 Å². The summed E-state index contributed by atoms with van der Waals surface area (Å²) < 4.78 is 38.3. The molecule has 1 aliphatic rings. The molecule has 1 aliphatic heterocycles. The van der Waals surface area contributed by atoms with Gasteiger partial charge in [-0.15, -0.1) is 24.0 Å². The maximum Gasteiger partial charge on any atom is 0.240 e. The highest BCUT2D eigenvalue weighted by atomic mass is 127. The van der Waals surface area contributed by atoms with Crippen LogP contribution in [0.4, 0.5) is 0 Å². The third-order valence-corrected chi connectivity index (χ3v) is 5.92. The van der Waals surface area contributed by atoms with Crippen LogP contribution in [-0.4, -0.2) is 59.9 Å². The molecule has 0 amide bonds. The molecule has 1 aromatic rings. The summed E-state index contributed by atoms with van der Waals surface area (Å²) in [7, 11) is -3.53. The molecule has 0 aliphatic carbocycles. The van der Waals surface area contributed by atoms with E-state index in [0.29, 0.717) is 19.7 Å². The minimum Gasteiger partial charge on any atom is -0.382 e. The van der Waals surface area contributed by atoms with Crippen LogP contribution in [0, 0.1) is 0 Å². The summed E-state index contributed by atoms with van der Waals surface area (Å²) >= 11 is 0. The van der Waals surface area contributed by atoms with E-state index in [0.717, 1.165) is 57.1 Å². The first kappa shape index (κ1) is 27.1. The Morgan fingerprint density at radius 2 is 2.00 bits per heavy atom. The van der Waals surface area contributed by atoms with Crippen LogP contribution < -0.4 is 15.4 Å². The molecule has 0 saturated carbocycles. The zero-order chi connectivity index (χ0) is 21.0. The lowest BCUT2D eigenvalue weighted by Crippen LogP contribution is -2.38. The molecule has 1 atom stereocenters. The average molecular weight is 554 g/mol. The smallest absolute Gasteiger partial charge is 0.240 e. The van der Waals surface area contributed by atoms with Gasteiger partial charge in [-0.05, 0) is 50.8 Å². The van der Waals surface area contributed by atoms with Crippen LogP contribution in [0.3, 0.4) is 0 Å². The van der Waals surface area contributed by atoms with Gasteiger partial charge in [0.25, 0.3) is 0 Å². The van der Waals surface area contributed by atoms with E-state index < -0.39 is 10.0 Å². The number of benzene rings is 1. The maximum absolute atomic E-state index is 12.4. The first-order chi connectivity index (χ1) is 14.0. The van der Waals surface area contributed by atoms with Gasteiger partial charge < -0.3 is 20.1 Å². The van der Waals surface area contributed by atoms with Crippen LogP contribution in [-0.2, 0) is 26.0 Å². The summed E-state index contributed by atoms with van der Waals surface area (Å²) in [6, 6.07) is 6.82. The summed E-state index contributed by atoms with van der Waals surface area (Å²) in [5.41, 5.74) is 0.939. The molecule has 3 N–H and O–H groups in total. The molecule has 1 aromatic carbocycles. The van der Waals surface area contributed by atoms with Gasteiger partial charge in [0, 0.05) is 39.5 Å². The quantitative estimate of drug-likeness (QED) is 0.159. The van der Waals surface area contributed by atoms with E-state index in [-0.39, 0.29) is 35.0 Å². The molecular weight excluding hydrogens is 519 g/mol. The van der Waals surface area contributed by atoms with Crippen LogP contribution in [0.2, 0.25) is 0 Å². The Morgan fingerprint density at radius 3 is 2.63 bits per heavy atom. The molecule has 0 spiro atoms. The van der Waals surface area contributed by atoms with Crippen molar-refractivity contribution in [1.82, 2.24) is 15.4 Å². The Labute approximate surface area is 197 Å². The second-order valence-electron chi connectivity index (χ2n) is 6.80. The largest absolute Gasteiger partial charge is 0.382 e. The second-order valence-corrected chi connectivity index (χ2v) is 8.57. The molecule has 1 saturated heterocycles. The number of aliphatic imine (C=N–C) groups is 1. The number of guanidine groups is 1. The number of rotatable bonds is 12. The highest BCUT2D eigenvalue weighted by molar-refractivity contribution is 14.0. The van der Waals surface area contributed by atoms with E-state index >= 15 is 0 Å². The van der Waals surface area contributed by atoms with Crippen LogP contribution in [0.15, 0.2) is 34.2 Å². The lowest BCUT2D eigenvalue weighted by Gasteiger charge is -2.12. The minimum atomic E-state index is -3.53. The SMILES string of the molecule is CCNC(=NCc1ccc(S(=O)(=O)NCC2CCCO2)cc1)NCCCOCC.I. The molecule has 0 radical (unpaired) electrons. The van der Waals surface area contributed by atoms with Crippen molar-refractivity contribution in [3.63, 3.8) is 0 Å². The van der Waals surface area contributed by atoms with E-state index in [1.165, 1.54) is 0 Å². The van der Waals surface area contributed by atoms with Crippen LogP contribution in [0.25, 0.3) is 0 Å². The van der Waals surface area contributed by atoms with Gasteiger partial charge in [-0.3, -0.25) is 0 Å². The number of ether oxygens (including phenoxy) is 2. The Bertz CT molecular complexity index is 723. The molecular formula is C20H35IN4O4S. The average Bonchev–Trinajstić information content (AvgIpc) is 3.24. The van der Waals surface area contributed by atoms with Crippen molar-refractivity contribution in [2.45, 2.75) is 50.7 Å². The molecule has 8 nitrogen and oxygen atoms in total. The van der Waals surface area contributed by atoms with Gasteiger partial charge >= 0.3 is 0 Å². The zero-order valence-electron chi connectivity index (χ0n) is 17.9. The molecule has 1 heterocycles. The number of hydrogen-bond acceptors (Lipinski definition) is 5. The van der Waals surface area contributed by atoms with Gasteiger partial charge in [-0.1, -0.05) is 12.1 Å². The van der Waals surface area contributed by atoms with Crippen molar-refractivity contribution in [2.24, 2.45) is 4.99 Å². The Kier molecular flexibility index (Phi) is 13.5. The van der Waals surface area contributed by atoms with Crippen molar-refractivity contribution in [1.29, 1.82) is 0 Å². The van der Waals surface area contributed by atoms with Gasteiger partial charge in [0.05, 0.1) is 17.5 Å². The molecule has 10 heteroatoms. The Morgan fingerprint density at radius 1 is 1.23 bits per heavy atom. The van der Waals surface area contributed by atoms with Crippen LogP contribution in [0.5, 0.6) is 0 Å². The Balaban J connectivity index is 0.00000450. The van der Waals surface area contributed by atoms with Crippen molar-refractivity contribution < 1.29 is 17.9 Å². The van der Waals surface area contributed by atoms with Crippen LogP contribution >= 0.6 is 24.0 Å². The third kappa shape index (κ3) is 9.90. The molecule has 30 heavy (non-hydrogen) atoms. The summed E-state index contributed by atoms with van der Waals surface area (Å²) in [6.07, 6.45) is 2.76. The van der Waals surface area contributed by atoms with Crippen molar-refractivity contribution >= 4 is 40.0 Å². The third-order valence-electron chi connectivity index (χ3n) is 4.48. The fraction of sp³-hybridized carbons (Fsp3) is 0.650. The number of nitrogens with zero attached hydrogens (tertiary/aromatic N) is 1.